The van der Waals surface area contributed by atoms with Crippen molar-refractivity contribution in [1.82, 2.24) is 0 Å². The van der Waals surface area contributed by atoms with E-state index < -0.39 is 0 Å². The summed E-state index contributed by atoms with van der Waals surface area (Å²) in [6, 6.07) is 0. The number of aliphatic hydroxyl groups is 1. The maximum Gasteiger partial charge on any atom is 0.0596 e. The number of halogens is 1. The first-order valence-electron chi connectivity index (χ1n) is 6.03. The molecule has 2 aliphatic rings. The van der Waals surface area contributed by atoms with Crippen LogP contribution in [-0.2, 0) is 9.47 Å². The summed E-state index contributed by atoms with van der Waals surface area (Å²) in [5.41, 5.74) is 0. The van der Waals surface area contributed by atoms with Crippen molar-refractivity contribution in [2.75, 3.05) is 14.2 Å². The lowest BCUT2D eigenvalue weighted by Gasteiger charge is -2.03. The largest absolute Gasteiger partial charge is 0.393 e. The normalized spacial score (nSPS) is 38.2. The predicted molar refractivity (Wildman–Crippen MR) is 68.0 cm³/mol. The van der Waals surface area contributed by atoms with E-state index in [9.17, 15) is 0 Å². The quantitative estimate of drug-likeness (QED) is 0.796. The molecule has 0 aromatic rings. The fourth-order valence-corrected chi connectivity index (χ4v) is 2.91. The van der Waals surface area contributed by atoms with E-state index >= 15 is 0 Å². The van der Waals surface area contributed by atoms with Crippen LogP contribution in [0.5, 0.6) is 0 Å². The Hall–Kier alpha value is 0.360. The van der Waals surface area contributed by atoms with Gasteiger partial charge in [0.25, 0.3) is 0 Å². The Morgan fingerprint density at radius 2 is 1.50 bits per heavy atom. The molecule has 2 saturated carbocycles. The van der Waals surface area contributed by atoms with Gasteiger partial charge in [0, 0.05) is 19.0 Å². The second-order valence-electron chi connectivity index (χ2n) is 4.59. The van der Waals surface area contributed by atoms with Crippen molar-refractivity contribution < 1.29 is 14.6 Å². The molecule has 1 N–H and O–H groups in total. The molecule has 4 unspecified atom stereocenters. The molecule has 0 amide bonds. The van der Waals surface area contributed by atoms with Gasteiger partial charge >= 0.3 is 0 Å². The molecule has 0 bridgehead atoms. The molecule has 0 spiro atoms. The van der Waals surface area contributed by atoms with Gasteiger partial charge in [-0.1, -0.05) is 15.9 Å². The second-order valence-corrected chi connectivity index (χ2v) is 5.89. The fourth-order valence-electron chi connectivity index (χ4n) is 2.23. The van der Waals surface area contributed by atoms with Crippen LogP contribution < -0.4 is 0 Å². The van der Waals surface area contributed by atoms with Gasteiger partial charge in [0.15, 0.2) is 0 Å². The van der Waals surface area contributed by atoms with Gasteiger partial charge in [-0.3, -0.25) is 0 Å². The van der Waals surface area contributed by atoms with Crippen LogP contribution >= 0.6 is 15.9 Å². The van der Waals surface area contributed by atoms with E-state index in [-0.39, 0.29) is 6.10 Å². The van der Waals surface area contributed by atoms with Crippen molar-refractivity contribution in [3.8, 4) is 0 Å². The highest BCUT2D eigenvalue weighted by Crippen LogP contribution is 2.26. The summed E-state index contributed by atoms with van der Waals surface area (Å²) in [4.78, 5) is 0.715. The lowest BCUT2D eigenvalue weighted by molar-refractivity contribution is 0.0898. The minimum Gasteiger partial charge on any atom is -0.393 e. The minimum absolute atomic E-state index is 0.0973. The van der Waals surface area contributed by atoms with Crippen molar-refractivity contribution in [2.24, 2.45) is 0 Å². The molecule has 0 heterocycles. The number of methoxy groups -OCH3 is 2. The molecule has 96 valence electrons. The van der Waals surface area contributed by atoms with Crippen LogP contribution in [0.3, 0.4) is 0 Å². The monoisotopic (exact) mass is 294 g/mol. The zero-order valence-electron chi connectivity index (χ0n) is 10.2. The molecule has 0 aliphatic heterocycles. The number of ether oxygens (including phenoxy) is 2. The molecule has 2 rings (SSSR count). The van der Waals surface area contributed by atoms with Crippen LogP contribution in [0.2, 0.25) is 0 Å². The van der Waals surface area contributed by atoms with Gasteiger partial charge in [0.2, 0.25) is 0 Å². The molecule has 0 aromatic carbocycles. The molecule has 2 aliphatic carbocycles. The number of aliphatic hydroxyl groups excluding tert-OH is 1. The summed E-state index contributed by atoms with van der Waals surface area (Å²) < 4.78 is 10.2. The molecule has 0 radical (unpaired) electrons. The highest BCUT2D eigenvalue weighted by Gasteiger charge is 2.22. The molecule has 4 atom stereocenters. The zero-order chi connectivity index (χ0) is 12.0. The topological polar surface area (TPSA) is 38.7 Å². The van der Waals surface area contributed by atoms with Crippen molar-refractivity contribution in [1.29, 1.82) is 0 Å². The van der Waals surface area contributed by atoms with E-state index in [2.05, 4.69) is 15.9 Å². The molecule has 4 heteroatoms. The van der Waals surface area contributed by atoms with Crippen molar-refractivity contribution in [3.05, 3.63) is 0 Å². The lowest BCUT2D eigenvalue weighted by atomic mass is 10.3. The number of rotatable bonds is 2. The van der Waals surface area contributed by atoms with Crippen LogP contribution in [0.25, 0.3) is 0 Å². The highest BCUT2D eigenvalue weighted by atomic mass is 79.9. The van der Waals surface area contributed by atoms with E-state index in [0.29, 0.717) is 17.0 Å². The van der Waals surface area contributed by atoms with Crippen LogP contribution in [-0.4, -0.2) is 42.5 Å². The van der Waals surface area contributed by atoms with Gasteiger partial charge in [-0.15, -0.1) is 0 Å². The Bertz CT molecular complexity index is 169. The van der Waals surface area contributed by atoms with Gasteiger partial charge in [0.05, 0.1) is 18.3 Å². The number of alkyl halides is 1. The van der Waals surface area contributed by atoms with E-state index in [1.54, 1.807) is 14.2 Å². The van der Waals surface area contributed by atoms with Crippen molar-refractivity contribution >= 4 is 15.9 Å². The summed E-state index contributed by atoms with van der Waals surface area (Å²) in [6.45, 7) is 0. The van der Waals surface area contributed by atoms with Crippen molar-refractivity contribution in [3.63, 3.8) is 0 Å². The van der Waals surface area contributed by atoms with Crippen molar-refractivity contribution in [2.45, 2.75) is 61.7 Å². The van der Waals surface area contributed by atoms with Gasteiger partial charge in [-0.2, -0.15) is 0 Å². The molecule has 0 aromatic heterocycles. The maximum absolute atomic E-state index is 8.95. The van der Waals surface area contributed by atoms with Gasteiger partial charge < -0.3 is 14.6 Å². The summed E-state index contributed by atoms with van der Waals surface area (Å²) in [5, 5.41) is 8.95. The minimum atomic E-state index is -0.0973. The van der Waals surface area contributed by atoms with Crippen LogP contribution in [0, 0.1) is 0 Å². The van der Waals surface area contributed by atoms with E-state index in [4.69, 9.17) is 14.6 Å². The fraction of sp³-hybridized carbons (Fsp3) is 1.00. The smallest absolute Gasteiger partial charge is 0.0596 e. The SMILES string of the molecule is COC1CCC(Br)C1.COC1CCC(O)C1. The van der Waals surface area contributed by atoms with Crippen LogP contribution in [0.1, 0.15) is 38.5 Å². The van der Waals surface area contributed by atoms with Gasteiger partial charge in [0.1, 0.15) is 0 Å². The maximum atomic E-state index is 8.95. The Labute approximate surface area is 107 Å². The molecule has 16 heavy (non-hydrogen) atoms. The predicted octanol–water partition coefficient (Wildman–Crippen LogP) is 2.50. The van der Waals surface area contributed by atoms with Gasteiger partial charge in [-0.05, 0) is 38.5 Å². The molecular formula is C12H23BrO3. The van der Waals surface area contributed by atoms with E-state index in [1.807, 2.05) is 0 Å². The Morgan fingerprint density at radius 1 is 0.938 bits per heavy atom. The third-order valence-electron chi connectivity index (χ3n) is 3.34. The van der Waals surface area contributed by atoms with Gasteiger partial charge in [-0.25, -0.2) is 0 Å². The summed E-state index contributed by atoms with van der Waals surface area (Å²) in [7, 11) is 3.48. The molecule has 3 nitrogen and oxygen atoms in total. The Morgan fingerprint density at radius 3 is 1.75 bits per heavy atom. The Balaban J connectivity index is 0.000000160. The summed E-state index contributed by atoms with van der Waals surface area (Å²) >= 11 is 3.54. The first kappa shape index (κ1) is 14.4. The molecule has 0 saturated heterocycles. The summed E-state index contributed by atoms with van der Waals surface area (Å²) in [6.07, 6.45) is 7.22. The first-order valence-corrected chi connectivity index (χ1v) is 6.95. The third kappa shape index (κ3) is 5.13. The second kappa shape index (κ2) is 7.64. The average molecular weight is 295 g/mol. The Kier molecular flexibility index (Phi) is 6.89. The van der Waals surface area contributed by atoms with E-state index in [1.165, 1.54) is 19.3 Å². The molecular weight excluding hydrogens is 272 g/mol. The highest BCUT2D eigenvalue weighted by molar-refractivity contribution is 9.09. The van der Waals surface area contributed by atoms with Crippen LogP contribution in [0.4, 0.5) is 0 Å². The summed E-state index contributed by atoms with van der Waals surface area (Å²) in [5.74, 6) is 0. The zero-order valence-corrected chi connectivity index (χ0v) is 11.8. The van der Waals surface area contributed by atoms with E-state index in [0.717, 1.165) is 19.3 Å². The third-order valence-corrected chi connectivity index (χ3v) is 4.18. The lowest BCUT2D eigenvalue weighted by Crippen LogP contribution is -2.06. The first-order chi connectivity index (χ1) is 7.65. The number of hydrogen-bond acceptors (Lipinski definition) is 3. The number of hydrogen-bond donors (Lipinski definition) is 1. The average Bonchev–Trinajstić information content (AvgIpc) is 2.88. The molecule has 2 fully saturated rings. The van der Waals surface area contributed by atoms with Crippen LogP contribution in [0.15, 0.2) is 0 Å². The standard InChI is InChI=1S/C6H11BrO.C6H12O2/c2*1-8-6-3-2-5(7)4-6/h5-6H,2-4H2,1H3;5-7H,2-4H2,1H3.